The first kappa shape index (κ1) is 15.1. The number of hydrogen-bond donors (Lipinski definition) is 2. The van der Waals surface area contributed by atoms with Gasteiger partial charge >= 0.3 is 0 Å². The highest BCUT2D eigenvalue weighted by atomic mass is 35.5. The van der Waals surface area contributed by atoms with Gasteiger partial charge in [0.05, 0.1) is 12.5 Å². The highest BCUT2D eigenvalue weighted by molar-refractivity contribution is 6.30. The fourth-order valence-corrected chi connectivity index (χ4v) is 2.79. The molecule has 2 aromatic rings. The largest absolute Gasteiger partial charge is 0.388 e. The van der Waals surface area contributed by atoms with Crippen LogP contribution >= 0.6 is 11.6 Å². The van der Waals surface area contributed by atoms with Crippen LogP contribution in [0.4, 0.5) is 0 Å². The lowest BCUT2D eigenvalue weighted by atomic mass is 10.1. The van der Waals surface area contributed by atoms with Crippen LogP contribution in [0.2, 0.25) is 5.02 Å². The van der Waals surface area contributed by atoms with E-state index >= 15 is 0 Å². The van der Waals surface area contributed by atoms with Crippen LogP contribution in [0.1, 0.15) is 36.0 Å². The molecular formula is C18H18ClNO2. The van der Waals surface area contributed by atoms with Crippen molar-refractivity contribution in [1.29, 1.82) is 0 Å². The SMILES string of the molecule is O=C(CC(O)c1ccccc1)NC1CC1c1ccc(Cl)cc1. The van der Waals surface area contributed by atoms with Crippen molar-refractivity contribution < 1.29 is 9.90 Å². The zero-order chi connectivity index (χ0) is 15.5. The fourth-order valence-electron chi connectivity index (χ4n) is 2.67. The number of halogens is 1. The fraction of sp³-hybridized carbons (Fsp3) is 0.278. The first-order valence-corrected chi connectivity index (χ1v) is 7.79. The van der Waals surface area contributed by atoms with Crippen molar-refractivity contribution >= 4 is 17.5 Å². The second-order valence-electron chi connectivity index (χ2n) is 5.70. The van der Waals surface area contributed by atoms with E-state index < -0.39 is 6.10 Å². The molecule has 1 aliphatic carbocycles. The van der Waals surface area contributed by atoms with Gasteiger partial charge in [-0.25, -0.2) is 0 Å². The summed E-state index contributed by atoms with van der Waals surface area (Å²) < 4.78 is 0. The van der Waals surface area contributed by atoms with Gasteiger partial charge in [0.15, 0.2) is 0 Å². The molecule has 1 fully saturated rings. The van der Waals surface area contributed by atoms with Gasteiger partial charge in [-0.05, 0) is 29.7 Å². The van der Waals surface area contributed by atoms with Gasteiger partial charge in [-0.15, -0.1) is 0 Å². The summed E-state index contributed by atoms with van der Waals surface area (Å²) in [6, 6.07) is 17.1. The number of rotatable bonds is 5. The minimum absolute atomic E-state index is 0.0911. The predicted octanol–water partition coefficient (Wildman–Crippen LogP) is 3.44. The standard InChI is InChI=1S/C18H18ClNO2/c19-14-8-6-12(7-9-14)15-10-16(15)20-18(22)11-17(21)13-4-2-1-3-5-13/h1-9,15-17,21H,10-11H2,(H,20,22). The molecule has 0 aliphatic heterocycles. The van der Waals surface area contributed by atoms with E-state index in [4.69, 9.17) is 11.6 Å². The molecule has 114 valence electrons. The maximum absolute atomic E-state index is 12.0. The summed E-state index contributed by atoms with van der Waals surface area (Å²) >= 11 is 5.88. The summed E-state index contributed by atoms with van der Waals surface area (Å²) in [5.41, 5.74) is 1.96. The molecule has 2 aromatic carbocycles. The molecule has 0 heterocycles. The molecule has 22 heavy (non-hydrogen) atoms. The average Bonchev–Trinajstić information content (AvgIpc) is 3.27. The molecule has 0 saturated heterocycles. The third-order valence-corrected chi connectivity index (χ3v) is 4.25. The van der Waals surface area contributed by atoms with Crippen LogP contribution in [0.25, 0.3) is 0 Å². The summed E-state index contributed by atoms with van der Waals surface area (Å²) in [4.78, 5) is 12.0. The van der Waals surface area contributed by atoms with E-state index in [-0.39, 0.29) is 18.4 Å². The van der Waals surface area contributed by atoms with Crippen LogP contribution in [-0.4, -0.2) is 17.1 Å². The molecule has 1 aliphatic rings. The van der Waals surface area contributed by atoms with Crippen LogP contribution in [0, 0.1) is 0 Å². The van der Waals surface area contributed by atoms with E-state index in [0.29, 0.717) is 5.92 Å². The summed E-state index contributed by atoms with van der Waals surface area (Å²) in [5.74, 6) is 0.243. The maximum atomic E-state index is 12.0. The molecule has 0 bridgehead atoms. The molecule has 0 aromatic heterocycles. The number of benzene rings is 2. The molecule has 3 atom stereocenters. The number of aliphatic hydroxyl groups excluding tert-OH is 1. The first-order valence-electron chi connectivity index (χ1n) is 7.41. The van der Waals surface area contributed by atoms with E-state index in [2.05, 4.69) is 5.32 Å². The zero-order valence-corrected chi connectivity index (χ0v) is 12.8. The number of carbonyl (C=O) groups excluding carboxylic acids is 1. The number of hydrogen-bond acceptors (Lipinski definition) is 2. The lowest BCUT2D eigenvalue weighted by Gasteiger charge is -2.11. The second-order valence-corrected chi connectivity index (χ2v) is 6.13. The van der Waals surface area contributed by atoms with Gasteiger partial charge in [0, 0.05) is 17.0 Å². The van der Waals surface area contributed by atoms with Crippen molar-refractivity contribution in [3.05, 3.63) is 70.7 Å². The van der Waals surface area contributed by atoms with Gasteiger partial charge in [-0.3, -0.25) is 4.79 Å². The Morgan fingerprint density at radius 2 is 1.86 bits per heavy atom. The summed E-state index contributed by atoms with van der Waals surface area (Å²) in [5, 5.41) is 13.8. The molecule has 1 saturated carbocycles. The Morgan fingerprint density at radius 1 is 1.18 bits per heavy atom. The van der Waals surface area contributed by atoms with Crippen molar-refractivity contribution in [2.45, 2.75) is 30.9 Å². The average molecular weight is 316 g/mol. The van der Waals surface area contributed by atoms with E-state index in [9.17, 15) is 9.90 Å². The molecule has 0 radical (unpaired) electrons. The predicted molar refractivity (Wildman–Crippen MR) is 86.8 cm³/mol. The Bertz CT molecular complexity index is 642. The van der Waals surface area contributed by atoms with Crippen LogP contribution in [-0.2, 0) is 4.79 Å². The Morgan fingerprint density at radius 3 is 2.55 bits per heavy atom. The van der Waals surface area contributed by atoms with Gasteiger partial charge in [-0.2, -0.15) is 0 Å². The number of nitrogens with one attached hydrogen (secondary N) is 1. The van der Waals surface area contributed by atoms with Gasteiger partial charge < -0.3 is 10.4 Å². The summed E-state index contributed by atoms with van der Waals surface area (Å²) in [6.45, 7) is 0. The van der Waals surface area contributed by atoms with Crippen molar-refractivity contribution in [2.24, 2.45) is 0 Å². The summed E-state index contributed by atoms with van der Waals surface area (Å²) in [6.07, 6.45) is 0.275. The lowest BCUT2D eigenvalue weighted by molar-refractivity contribution is -0.123. The lowest BCUT2D eigenvalue weighted by Crippen LogP contribution is -2.28. The molecule has 3 nitrogen and oxygen atoms in total. The van der Waals surface area contributed by atoms with Crippen molar-refractivity contribution in [3.63, 3.8) is 0 Å². The Hall–Kier alpha value is -1.84. The van der Waals surface area contributed by atoms with Crippen LogP contribution < -0.4 is 5.32 Å². The highest BCUT2D eigenvalue weighted by Crippen LogP contribution is 2.41. The molecule has 0 spiro atoms. The Balaban J connectivity index is 1.50. The Kier molecular flexibility index (Phi) is 4.46. The molecule has 4 heteroatoms. The van der Waals surface area contributed by atoms with E-state index in [1.165, 1.54) is 5.56 Å². The van der Waals surface area contributed by atoms with Crippen LogP contribution in [0.5, 0.6) is 0 Å². The quantitative estimate of drug-likeness (QED) is 0.888. The minimum Gasteiger partial charge on any atom is -0.388 e. The van der Waals surface area contributed by atoms with E-state index in [1.54, 1.807) is 0 Å². The Labute approximate surface area is 134 Å². The molecule has 3 rings (SSSR count). The maximum Gasteiger partial charge on any atom is 0.223 e. The summed E-state index contributed by atoms with van der Waals surface area (Å²) in [7, 11) is 0. The van der Waals surface area contributed by atoms with Gasteiger partial charge in [-0.1, -0.05) is 54.1 Å². The third-order valence-electron chi connectivity index (χ3n) is 4.00. The van der Waals surface area contributed by atoms with Crippen molar-refractivity contribution in [1.82, 2.24) is 5.32 Å². The molecular weight excluding hydrogens is 298 g/mol. The molecule has 2 N–H and O–H groups in total. The van der Waals surface area contributed by atoms with E-state index in [1.807, 2.05) is 54.6 Å². The second kappa shape index (κ2) is 6.51. The van der Waals surface area contributed by atoms with Gasteiger partial charge in [0.2, 0.25) is 5.91 Å². The highest BCUT2D eigenvalue weighted by Gasteiger charge is 2.39. The molecule has 3 unspecified atom stereocenters. The first-order chi connectivity index (χ1) is 10.6. The monoisotopic (exact) mass is 315 g/mol. The third kappa shape index (κ3) is 3.67. The number of carbonyl (C=O) groups is 1. The van der Waals surface area contributed by atoms with E-state index in [0.717, 1.165) is 17.0 Å². The van der Waals surface area contributed by atoms with Gasteiger partial charge in [0.1, 0.15) is 0 Å². The molecule has 1 amide bonds. The zero-order valence-electron chi connectivity index (χ0n) is 12.1. The van der Waals surface area contributed by atoms with Crippen LogP contribution in [0.3, 0.4) is 0 Å². The topological polar surface area (TPSA) is 49.3 Å². The smallest absolute Gasteiger partial charge is 0.223 e. The normalized spacial score (nSPS) is 21.2. The minimum atomic E-state index is -0.756. The van der Waals surface area contributed by atoms with Crippen LogP contribution in [0.15, 0.2) is 54.6 Å². The van der Waals surface area contributed by atoms with Crippen molar-refractivity contribution in [2.75, 3.05) is 0 Å². The number of aliphatic hydroxyl groups is 1. The van der Waals surface area contributed by atoms with Crippen molar-refractivity contribution in [3.8, 4) is 0 Å². The number of amides is 1. The van der Waals surface area contributed by atoms with Gasteiger partial charge in [0.25, 0.3) is 0 Å².